The van der Waals surface area contributed by atoms with Gasteiger partial charge in [-0.15, -0.1) is 0 Å². The zero-order chi connectivity index (χ0) is 24.9. The number of likely N-dealkylation sites (N-methyl/N-ethyl adjacent to an activating group) is 2. The standard InChI is InChI=1S/C7H15NO.C7H15N.C7H13N.C6H14N2.CH4/c1-7(9)3-5-8(2)6-4-7;3*1-7-3-5-8(2)6-4-7;/h9H,3-6H2,1-2H3;7H,3-6H2,1-2H3;1,3-6H2,2H3;3-6H2,1-2H3;1H4. The Balaban J connectivity index is 0.000000423. The zero-order valence-corrected chi connectivity index (χ0v) is 23.3. The molecule has 4 fully saturated rings. The molecule has 4 aliphatic heterocycles. The SMILES string of the molecule is C.C=C1CCN(C)CC1.CC1CCN(C)CC1.CN1CCC(C)(O)CC1.CN1CCN(C)CC1. The van der Waals surface area contributed by atoms with Crippen molar-refractivity contribution >= 4 is 0 Å². The molecule has 4 aliphatic rings. The Morgan fingerprint density at radius 3 is 1.29 bits per heavy atom. The van der Waals surface area contributed by atoms with E-state index in [-0.39, 0.29) is 13.0 Å². The first-order valence-electron chi connectivity index (χ1n) is 13.3. The number of aliphatic hydroxyl groups is 1. The summed E-state index contributed by atoms with van der Waals surface area (Å²) in [7, 11) is 10.8. The fraction of sp³-hybridized carbons (Fsp3) is 0.929. The highest BCUT2D eigenvalue weighted by atomic mass is 16.3. The maximum absolute atomic E-state index is 9.47. The molecule has 0 bridgehead atoms. The number of rotatable bonds is 0. The van der Waals surface area contributed by atoms with Gasteiger partial charge >= 0.3 is 0 Å². The molecule has 0 radical (unpaired) electrons. The molecular weight excluding hydrogens is 422 g/mol. The molecule has 6 heteroatoms. The summed E-state index contributed by atoms with van der Waals surface area (Å²) in [6, 6.07) is 0. The minimum atomic E-state index is -0.382. The lowest BCUT2D eigenvalue weighted by Gasteiger charge is -2.33. The van der Waals surface area contributed by atoms with Crippen LogP contribution >= 0.6 is 0 Å². The quantitative estimate of drug-likeness (QED) is 0.531. The van der Waals surface area contributed by atoms with Crippen LogP contribution in [0.1, 0.15) is 59.8 Å². The lowest BCUT2D eigenvalue weighted by Crippen LogP contribution is -2.42. The molecule has 0 unspecified atom stereocenters. The summed E-state index contributed by atoms with van der Waals surface area (Å²) in [5.74, 6) is 0.978. The first-order chi connectivity index (χ1) is 15.5. The Labute approximate surface area is 213 Å². The highest BCUT2D eigenvalue weighted by molar-refractivity contribution is 4.98. The van der Waals surface area contributed by atoms with Crippen molar-refractivity contribution in [1.82, 2.24) is 24.5 Å². The van der Waals surface area contributed by atoms with Crippen LogP contribution in [-0.4, -0.2) is 136 Å². The van der Waals surface area contributed by atoms with E-state index in [4.69, 9.17) is 0 Å². The summed E-state index contributed by atoms with van der Waals surface area (Å²) < 4.78 is 0. The smallest absolute Gasteiger partial charge is 0.0644 e. The van der Waals surface area contributed by atoms with E-state index in [1.54, 1.807) is 0 Å². The van der Waals surface area contributed by atoms with Gasteiger partial charge in [0.2, 0.25) is 0 Å². The van der Waals surface area contributed by atoms with Crippen LogP contribution in [0, 0.1) is 5.92 Å². The normalized spacial score (nSPS) is 25.5. The fourth-order valence-corrected chi connectivity index (χ4v) is 4.08. The van der Waals surface area contributed by atoms with Crippen LogP contribution in [0.15, 0.2) is 12.2 Å². The molecule has 1 N–H and O–H groups in total. The van der Waals surface area contributed by atoms with E-state index in [1.165, 1.54) is 83.6 Å². The van der Waals surface area contributed by atoms with Gasteiger partial charge in [0.15, 0.2) is 0 Å². The van der Waals surface area contributed by atoms with Crippen molar-refractivity contribution in [2.45, 2.75) is 65.4 Å². The van der Waals surface area contributed by atoms with Crippen LogP contribution < -0.4 is 0 Å². The van der Waals surface area contributed by atoms with E-state index >= 15 is 0 Å². The van der Waals surface area contributed by atoms with E-state index in [0.717, 1.165) is 31.8 Å². The van der Waals surface area contributed by atoms with Gasteiger partial charge in [0.1, 0.15) is 0 Å². The van der Waals surface area contributed by atoms with Crippen LogP contribution in [0.25, 0.3) is 0 Å². The summed E-state index contributed by atoms with van der Waals surface area (Å²) in [6.07, 6.45) is 7.05. The second-order valence-electron chi connectivity index (χ2n) is 11.4. The van der Waals surface area contributed by atoms with Crippen LogP contribution in [0.5, 0.6) is 0 Å². The number of piperazine rings is 1. The summed E-state index contributed by atoms with van der Waals surface area (Å²) >= 11 is 0. The molecule has 0 saturated carbocycles. The minimum Gasteiger partial charge on any atom is -0.390 e. The molecule has 34 heavy (non-hydrogen) atoms. The van der Waals surface area contributed by atoms with E-state index in [1.807, 2.05) is 6.92 Å². The highest BCUT2D eigenvalue weighted by Gasteiger charge is 2.25. The van der Waals surface area contributed by atoms with Gasteiger partial charge in [-0.05, 0) is 99.7 Å². The molecular formula is C28H61N5O. The van der Waals surface area contributed by atoms with Gasteiger partial charge in [-0.25, -0.2) is 0 Å². The molecule has 4 rings (SSSR count). The van der Waals surface area contributed by atoms with Crippen molar-refractivity contribution in [2.75, 3.05) is 101 Å². The number of likely N-dealkylation sites (tertiary alicyclic amines) is 3. The van der Waals surface area contributed by atoms with Crippen molar-refractivity contribution < 1.29 is 5.11 Å². The number of nitrogens with zero attached hydrogens (tertiary/aromatic N) is 5. The van der Waals surface area contributed by atoms with Crippen molar-refractivity contribution in [3.63, 3.8) is 0 Å². The molecule has 0 aromatic heterocycles. The molecule has 0 spiro atoms. The Bertz CT molecular complexity index is 451. The number of hydrogen-bond acceptors (Lipinski definition) is 6. The lowest BCUT2D eigenvalue weighted by atomic mass is 9.94. The van der Waals surface area contributed by atoms with Crippen molar-refractivity contribution in [3.05, 3.63) is 12.2 Å². The predicted molar refractivity (Wildman–Crippen MR) is 151 cm³/mol. The van der Waals surface area contributed by atoms with Crippen LogP contribution in [0.3, 0.4) is 0 Å². The average molecular weight is 484 g/mol. The average Bonchev–Trinajstić information content (AvgIpc) is 2.78. The largest absolute Gasteiger partial charge is 0.390 e. The zero-order valence-electron chi connectivity index (χ0n) is 23.3. The first kappa shape index (κ1) is 33.5. The van der Waals surface area contributed by atoms with E-state index < -0.39 is 0 Å². The highest BCUT2D eigenvalue weighted by Crippen LogP contribution is 2.19. The first-order valence-corrected chi connectivity index (χ1v) is 13.3. The topological polar surface area (TPSA) is 36.4 Å². The molecule has 0 aliphatic carbocycles. The van der Waals surface area contributed by atoms with Crippen molar-refractivity contribution in [2.24, 2.45) is 5.92 Å². The number of hydrogen-bond donors (Lipinski definition) is 1. The van der Waals surface area contributed by atoms with Crippen LogP contribution in [-0.2, 0) is 0 Å². The van der Waals surface area contributed by atoms with Gasteiger partial charge in [-0.2, -0.15) is 0 Å². The van der Waals surface area contributed by atoms with Crippen molar-refractivity contribution in [3.8, 4) is 0 Å². The summed E-state index contributed by atoms with van der Waals surface area (Å²) in [6.45, 7) is 20.2. The molecule has 0 aromatic rings. The Morgan fingerprint density at radius 1 is 0.647 bits per heavy atom. The molecule has 204 valence electrons. The maximum atomic E-state index is 9.47. The Morgan fingerprint density at radius 2 is 0.971 bits per heavy atom. The van der Waals surface area contributed by atoms with E-state index in [0.29, 0.717) is 0 Å². The lowest BCUT2D eigenvalue weighted by molar-refractivity contribution is 0.000998. The molecule has 0 amide bonds. The monoisotopic (exact) mass is 483 g/mol. The molecule has 0 atom stereocenters. The summed E-state index contributed by atoms with van der Waals surface area (Å²) in [4.78, 5) is 11.7. The third-order valence-corrected chi connectivity index (χ3v) is 7.49. The van der Waals surface area contributed by atoms with Gasteiger partial charge in [-0.3, -0.25) is 0 Å². The van der Waals surface area contributed by atoms with Crippen molar-refractivity contribution in [1.29, 1.82) is 0 Å². The van der Waals surface area contributed by atoms with E-state index in [2.05, 4.69) is 73.2 Å². The third-order valence-electron chi connectivity index (χ3n) is 7.49. The van der Waals surface area contributed by atoms with Gasteiger partial charge < -0.3 is 29.6 Å². The van der Waals surface area contributed by atoms with Crippen LogP contribution in [0.2, 0.25) is 0 Å². The van der Waals surface area contributed by atoms with Gasteiger partial charge in [-0.1, -0.05) is 26.5 Å². The summed E-state index contributed by atoms with van der Waals surface area (Å²) in [5.41, 5.74) is 1.04. The second kappa shape index (κ2) is 17.9. The Kier molecular flexibility index (Phi) is 17.6. The van der Waals surface area contributed by atoms with Gasteiger partial charge in [0.05, 0.1) is 5.60 Å². The minimum absolute atomic E-state index is 0. The molecule has 0 aromatic carbocycles. The second-order valence-corrected chi connectivity index (χ2v) is 11.4. The van der Waals surface area contributed by atoms with Gasteiger partial charge in [0, 0.05) is 52.4 Å². The molecule has 4 heterocycles. The molecule has 6 nitrogen and oxygen atoms in total. The van der Waals surface area contributed by atoms with E-state index in [9.17, 15) is 5.11 Å². The third kappa shape index (κ3) is 17.0. The number of piperidine rings is 3. The van der Waals surface area contributed by atoms with Crippen LogP contribution in [0.4, 0.5) is 0 Å². The predicted octanol–water partition coefficient (Wildman–Crippen LogP) is 3.58. The maximum Gasteiger partial charge on any atom is 0.0644 e. The molecule has 4 saturated heterocycles. The summed E-state index contributed by atoms with van der Waals surface area (Å²) in [5, 5.41) is 9.47. The fourth-order valence-electron chi connectivity index (χ4n) is 4.08. The van der Waals surface area contributed by atoms with Gasteiger partial charge in [0.25, 0.3) is 0 Å². The Hall–Kier alpha value is -0.500.